The maximum atomic E-state index is 13.9. The standard InChI is InChI=1S/C24H22Cl2N4O2/c1-13(2)22-24(17-8-7-16(26)10-19(17)27-23(24)32)18(14-5-4-6-15(25)9-14)11-20-28-29(3)21(31)12-30(20)22/h4-10,18,22H,1,11-12H2,2-3H3,(H,27,32)/t18-,22+,24-/m1/s1. The van der Waals surface area contributed by atoms with Crippen molar-refractivity contribution in [2.75, 3.05) is 18.9 Å². The van der Waals surface area contributed by atoms with E-state index in [1.54, 1.807) is 19.2 Å². The first-order valence-corrected chi connectivity index (χ1v) is 11.1. The van der Waals surface area contributed by atoms with Gasteiger partial charge in [-0.3, -0.25) is 9.59 Å². The highest BCUT2D eigenvalue weighted by atomic mass is 35.5. The molecule has 0 bridgehead atoms. The minimum absolute atomic E-state index is 0.132. The van der Waals surface area contributed by atoms with Gasteiger partial charge < -0.3 is 10.2 Å². The van der Waals surface area contributed by atoms with E-state index in [9.17, 15) is 9.59 Å². The van der Waals surface area contributed by atoms with Crippen LogP contribution in [-0.2, 0) is 15.0 Å². The van der Waals surface area contributed by atoms with Gasteiger partial charge in [-0.05, 0) is 42.3 Å². The molecule has 0 aromatic heterocycles. The number of benzene rings is 2. The summed E-state index contributed by atoms with van der Waals surface area (Å²) in [5.41, 5.74) is 2.21. The van der Waals surface area contributed by atoms with E-state index in [1.165, 1.54) is 5.01 Å². The van der Waals surface area contributed by atoms with Crippen LogP contribution < -0.4 is 5.32 Å². The van der Waals surface area contributed by atoms with Crippen LogP contribution in [0.2, 0.25) is 10.0 Å². The molecule has 1 spiro atoms. The van der Waals surface area contributed by atoms with Crippen LogP contribution in [-0.4, -0.2) is 47.2 Å². The predicted octanol–water partition coefficient (Wildman–Crippen LogP) is 4.40. The van der Waals surface area contributed by atoms with E-state index in [1.807, 2.05) is 42.2 Å². The molecule has 164 valence electrons. The second-order valence-corrected chi connectivity index (χ2v) is 9.51. The van der Waals surface area contributed by atoms with E-state index in [2.05, 4.69) is 17.0 Å². The summed E-state index contributed by atoms with van der Waals surface area (Å²) in [7, 11) is 1.65. The fourth-order valence-corrected chi connectivity index (χ4v) is 5.88. The number of likely N-dealkylation sites (N-methyl/N-ethyl adjacent to an activating group) is 1. The molecule has 2 amide bonds. The molecule has 1 fully saturated rings. The van der Waals surface area contributed by atoms with E-state index < -0.39 is 11.5 Å². The highest BCUT2D eigenvalue weighted by molar-refractivity contribution is 6.31. The first-order chi connectivity index (χ1) is 15.2. The van der Waals surface area contributed by atoms with Crippen molar-refractivity contribution in [1.82, 2.24) is 9.91 Å². The van der Waals surface area contributed by atoms with Crippen molar-refractivity contribution >= 4 is 46.5 Å². The fraction of sp³-hybridized carbons (Fsp3) is 0.292. The van der Waals surface area contributed by atoms with Crippen LogP contribution in [0.25, 0.3) is 0 Å². The summed E-state index contributed by atoms with van der Waals surface area (Å²) in [5, 5.41) is 10.1. The Labute approximate surface area is 196 Å². The number of piperidine rings is 1. The highest BCUT2D eigenvalue weighted by Gasteiger charge is 2.63. The van der Waals surface area contributed by atoms with Gasteiger partial charge in [0.15, 0.2) is 0 Å². The molecular formula is C24H22Cl2N4O2. The van der Waals surface area contributed by atoms with Crippen molar-refractivity contribution in [2.45, 2.75) is 30.7 Å². The van der Waals surface area contributed by atoms with Crippen LogP contribution in [0.1, 0.15) is 30.4 Å². The monoisotopic (exact) mass is 468 g/mol. The average molecular weight is 469 g/mol. The largest absolute Gasteiger partial charge is 0.341 e. The zero-order valence-electron chi connectivity index (χ0n) is 17.7. The number of amidine groups is 1. The summed E-state index contributed by atoms with van der Waals surface area (Å²) in [6.07, 6.45) is 0.469. The van der Waals surface area contributed by atoms with E-state index in [4.69, 9.17) is 23.2 Å². The molecule has 8 heteroatoms. The number of amides is 2. The normalized spacial score (nSPS) is 26.6. The lowest BCUT2D eigenvalue weighted by atomic mass is 9.58. The Morgan fingerprint density at radius 1 is 1.19 bits per heavy atom. The molecule has 3 heterocycles. The number of rotatable bonds is 2. The number of hydrogen-bond acceptors (Lipinski definition) is 4. The zero-order chi connectivity index (χ0) is 22.8. The number of hydrazone groups is 1. The summed E-state index contributed by atoms with van der Waals surface area (Å²) in [6.45, 7) is 6.28. The molecule has 0 saturated carbocycles. The van der Waals surface area contributed by atoms with E-state index in [0.717, 1.165) is 22.5 Å². The van der Waals surface area contributed by atoms with Gasteiger partial charge >= 0.3 is 0 Å². The van der Waals surface area contributed by atoms with Gasteiger partial charge in [-0.15, -0.1) is 0 Å². The Hall–Kier alpha value is -2.83. The lowest BCUT2D eigenvalue weighted by Crippen LogP contribution is -2.66. The van der Waals surface area contributed by atoms with Crippen molar-refractivity contribution < 1.29 is 9.59 Å². The molecule has 32 heavy (non-hydrogen) atoms. The molecule has 1 N–H and O–H groups in total. The third-order valence-corrected chi connectivity index (χ3v) is 7.18. The minimum atomic E-state index is -1.02. The minimum Gasteiger partial charge on any atom is -0.341 e. The second kappa shape index (κ2) is 7.36. The van der Waals surface area contributed by atoms with Crippen LogP contribution in [0, 0.1) is 0 Å². The van der Waals surface area contributed by atoms with Crippen LogP contribution in [0.5, 0.6) is 0 Å². The molecule has 3 aliphatic rings. The number of nitrogens with one attached hydrogen (secondary N) is 1. The summed E-state index contributed by atoms with van der Waals surface area (Å²) in [4.78, 5) is 28.5. The molecule has 3 aliphatic heterocycles. The van der Waals surface area contributed by atoms with E-state index in [0.29, 0.717) is 22.2 Å². The zero-order valence-corrected chi connectivity index (χ0v) is 19.2. The quantitative estimate of drug-likeness (QED) is 0.664. The van der Waals surface area contributed by atoms with Gasteiger partial charge in [0.25, 0.3) is 5.91 Å². The number of carbonyl (C=O) groups is 2. The maximum absolute atomic E-state index is 13.9. The number of halogens is 2. The third kappa shape index (κ3) is 2.90. The smallest absolute Gasteiger partial charge is 0.262 e. The van der Waals surface area contributed by atoms with Gasteiger partial charge in [-0.1, -0.05) is 53.6 Å². The van der Waals surface area contributed by atoms with Gasteiger partial charge in [0.2, 0.25) is 5.91 Å². The Bertz CT molecular complexity index is 1210. The number of hydrogen-bond donors (Lipinski definition) is 1. The number of fused-ring (bicyclic) bond motifs is 3. The summed E-state index contributed by atoms with van der Waals surface area (Å²) in [5.74, 6) is 0.206. The predicted molar refractivity (Wildman–Crippen MR) is 126 cm³/mol. The van der Waals surface area contributed by atoms with Crippen molar-refractivity contribution in [3.8, 4) is 0 Å². The molecular weight excluding hydrogens is 447 g/mol. The molecule has 2 aromatic carbocycles. The Morgan fingerprint density at radius 2 is 1.94 bits per heavy atom. The molecule has 3 atom stereocenters. The average Bonchev–Trinajstić information content (AvgIpc) is 3.00. The molecule has 2 aromatic rings. The van der Waals surface area contributed by atoms with Gasteiger partial charge in [0, 0.05) is 35.1 Å². The molecule has 6 nitrogen and oxygen atoms in total. The third-order valence-electron chi connectivity index (χ3n) is 6.71. The molecule has 0 radical (unpaired) electrons. The lowest BCUT2D eigenvalue weighted by molar-refractivity contribution is -0.134. The first kappa shape index (κ1) is 21.0. The van der Waals surface area contributed by atoms with Crippen LogP contribution in [0.15, 0.2) is 59.7 Å². The van der Waals surface area contributed by atoms with Gasteiger partial charge in [-0.25, -0.2) is 5.01 Å². The van der Waals surface area contributed by atoms with Gasteiger partial charge in [0.05, 0.1) is 6.04 Å². The Morgan fingerprint density at radius 3 is 2.66 bits per heavy atom. The van der Waals surface area contributed by atoms with Gasteiger partial charge in [-0.2, -0.15) is 5.10 Å². The highest BCUT2D eigenvalue weighted by Crippen LogP contribution is 2.56. The SMILES string of the molecule is C=C(C)[C@@H]1N2CC(=O)N(C)N=C2C[C@H](c2cccc(Cl)c2)[C@@]12C(=O)Nc1cc(Cl)ccc12. The molecule has 0 unspecified atom stereocenters. The number of anilines is 1. The van der Waals surface area contributed by atoms with Crippen molar-refractivity contribution in [2.24, 2.45) is 5.10 Å². The van der Waals surface area contributed by atoms with E-state index in [-0.39, 0.29) is 24.3 Å². The van der Waals surface area contributed by atoms with Crippen LogP contribution in [0.4, 0.5) is 5.69 Å². The molecule has 5 rings (SSSR count). The van der Waals surface area contributed by atoms with Crippen LogP contribution >= 0.6 is 23.2 Å². The van der Waals surface area contributed by atoms with Gasteiger partial charge in [0.1, 0.15) is 17.8 Å². The summed E-state index contributed by atoms with van der Waals surface area (Å²) >= 11 is 12.6. The van der Waals surface area contributed by atoms with E-state index >= 15 is 0 Å². The first-order valence-electron chi connectivity index (χ1n) is 10.4. The summed E-state index contributed by atoms with van der Waals surface area (Å²) in [6, 6.07) is 12.6. The topological polar surface area (TPSA) is 65.0 Å². The maximum Gasteiger partial charge on any atom is 0.262 e. The van der Waals surface area contributed by atoms with Crippen molar-refractivity contribution in [3.63, 3.8) is 0 Å². The van der Waals surface area contributed by atoms with Crippen molar-refractivity contribution in [3.05, 3.63) is 75.8 Å². The molecule has 0 aliphatic carbocycles. The number of carbonyl (C=O) groups excluding carboxylic acids is 2. The van der Waals surface area contributed by atoms with Crippen molar-refractivity contribution in [1.29, 1.82) is 0 Å². The Balaban J connectivity index is 1.82. The Kier molecular flexibility index (Phi) is 4.84. The lowest BCUT2D eigenvalue weighted by Gasteiger charge is -2.54. The molecule has 1 saturated heterocycles. The number of nitrogens with zero attached hydrogens (tertiary/aromatic N) is 3. The summed E-state index contributed by atoms with van der Waals surface area (Å²) < 4.78 is 0. The van der Waals surface area contributed by atoms with Crippen LogP contribution in [0.3, 0.4) is 0 Å². The fourth-order valence-electron chi connectivity index (χ4n) is 5.51. The second-order valence-electron chi connectivity index (χ2n) is 8.64.